The lowest BCUT2D eigenvalue weighted by atomic mass is 9.94. The van der Waals surface area contributed by atoms with E-state index in [1.54, 1.807) is 12.1 Å². The van der Waals surface area contributed by atoms with Gasteiger partial charge in [-0.15, -0.1) is 0 Å². The van der Waals surface area contributed by atoms with Crippen LogP contribution in [0.5, 0.6) is 5.75 Å². The first-order valence-corrected chi connectivity index (χ1v) is 11.3. The van der Waals surface area contributed by atoms with Gasteiger partial charge in [0.1, 0.15) is 5.76 Å². The van der Waals surface area contributed by atoms with Crippen molar-refractivity contribution in [3.63, 3.8) is 0 Å². The molecule has 1 saturated heterocycles. The highest BCUT2D eigenvalue weighted by Gasteiger charge is 2.46. The molecule has 1 aliphatic rings. The van der Waals surface area contributed by atoms with Crippen molar-refractivity contribution >= 4 is 23.4 Å². The van der Waals surface area contributed by atoms with Crippen LogP contribution in [0, 0.1) is 5.82 Å². The number of nitrogens with zero attached hydrogens (tertiary/aromatic N) is 2. The Morgan fingerprint density at radius 1 is 1.06 bits per heavy atom. The lowest BCUT2D eigenvalue weighted by Crippen LogP contribution is -2.38. The molecule has 1 heterocycles. The molecule has 186 valence electrons. The summed E-state index contributed by atoms with van der Waals surface area (Å²) in [4.78, 5) is 41.5. The zero-order valence-corrected chi connectivity index (χ0v) is 20.2. The molecule has 0 aromatic heterocycles. The molecule has 35 heavy (non-hydrogen) atoms. The van der Waals surface area contributed by atoms with E-state index in [4.69, 9.17) is 9.47 Å². The number of likely N-dealkylation sites (tertiary alicyclic amines) is 1. The summed E-state index contributed by atoms with van der Waals surface area (Å²) < 4.78 is 24.0. The van der Waals surface area contributed by atoms with Crippen LogP contribution in [0.4, 0.5) is 4.39 Å². The molecule has 0 aliphatic carbocycles. The number of esters is 1. The van der Waals surface area contributed by atoms with Crippen LogP contribution < -0.4 is 4.74 Å². The van der Waals surface area contributed by atoms with E-state index in [1.807, 2.05) is 13.8 Å². The Bertz CT molecular complexity index is 1140. The number of aliphatic hydroxyl groups excluding tert-OH is 1. The van der Waals surface area contributed by atoms with Gasteiger partial charge in [0.05, 0.1) is 31.4 Å². The molecule has 0 unspecified atom stereocenters. The lowest BCUT2D eigenvalue weighted by molar-refractivity contribution is -0.140. The Kier molecular flexibility index (Phi) is 8.24. The van der Waals surface area contributed by atoms with Gasteiger partial charge < -0.3 is 24.4 Å². The quantitative estimate of drug-likeness (QED) is 0.252. The van der Waals surface area contributed by atoms with Crippen LogP contribution in [0.3, 0.4) is 0 Å². The van der Waals surface area contributed by atoms with E-state index in [0.29, 0.717) is 17.7 Å². The minimum atomic E-state index is -0.914. The largest absolute Gasteiger partial charge is 0.507 e. The predicted octanol–water partition coefficient (Wildman–Crippen LogP) is 3.38. The van der Waals surface area contributed by atoms with E-state index >= 15 is 0 Å². The third kappa shape index (κ3) is 5.19. The molecule has 0 spiro atoms. The van der Waals surface area contributed by atoms with Gasteiger partial charge in [-0.05, 0) is 49.0 Å². The maximum absolute atomic E-state index is 14.3. The number of carbonyl (C=O) groups excluding carboxylic acids is 3. The first-order valence-electron chi connectivity index (χ1n) is 11.3. The number of carbonyl (C=O) groups is 3. The molecule has 1 N–H and O–H groups in total. The number of hydrogen-bond donors (Lipinski definition) is 1. The Hall–Kier alpha value is -3.72. The van der Waals surface area contributed by atoms with E-state index in [2.05, 4.69) is 4.90 Å². The summed E-state index contributed by atoms with van der Waals surface area (Å²) in [5, 5.41) is 11.1. The summed E-state index contributed by atoms with van der Waals surface area (Å²) in [6.07, 6.45) is 0. The first kappa shape index (κ1) is 25.9. The van der Waals surface area contributed by atoms with Crippen molar-refractivity contribution in [2.75, 3.05) is 40.4 Å². The SMILES string of the molecule is CCN(CC)CCN1C(=O)C(=O)C(=C(O)c2ccc(OC)c(F)c2)[C@@H]1c1ccc(C(=O)OC)cc1. The number of Topliss-reactive ketones (excluding diaryl/α,β-unsaturated/α-hetero) is 1. The van der Waals surface area contributed by atoms with Gasteiger partial charge in [0.2, 0.25) is 0 Å². The molecule has 3 rings (SSSR count). The van der Waals surface area contributed by atoms with Crippen molar-refractivity contribution in [2.45, 2.75) is 19.9 Å². The zero-order valence-electron chi connectivity index (χ0n) is 20.2. The average molecular weight is 485 g/mol. The Morgan fingerprint density at radius 2 is 1.69 bits per heavy atom. The fourth-order valence-electron chi connectivity index (χ4n) is 4.13. The van der Waals surface area contributed by atoms with Gasteiger partial charge in [-0.2, -0.15) is 0 Å². The number of halogens is 1. The molecule has 1 atom stereocenters. The Labute approximate surface area is 203 Å². The number of methoxy groups -OCH3 is 2. The van der Waals surface area contributed by atoms with Crippen LogP contribution in [0.15, 0.2) is 48.0 Å². The minimum Gasteiger partial charge on any atom is -0.507 e. The molecule has 9 heteroatoms. The molecular weight excluding hydrogens is 455 g/mol. The number of hydrogen-bond acceptors (Lipinski definition) is 7. The molecular formula is C26H29FN2O6. The van der Waals surface area contributed by atoms with Crippen LogP contribution in [-0.4, -0.2) is 73.0 Å². The van der Waals surface area contributed by atoms with Crippen LogP contribution in [-0.2, 0) is 14.3 Å². The topological polar surface area (TPSA) is 96.4 Å². The number of ketones is 1. The average Bonchev–Trinajstić information content (AvgIpc) is 3.13. The van der Waals surface area contributed by atoms with Crippen LogP contribution in [0.25, 0.3) is 5.76 Å². The Morgan fingerprint density at radius 3 is 2.23 bits per heavy atom. The van der Waals surface area contributed by atoms with Gasteiger partial charge in [-0.25, -0.2) is 9.18 Å². The van der Waals surface area contributed by atoms with Crippen LogP contribution in [0.1, 0.15) is 41.4 Å². The molecule has 2 aromatic carbocycles. The molecule has 0 radical (unpaired) electrons. The van der Waals surface area contributed by atoms with Gasteiger partial charge in [0.25, 0.3) is 11.7 Å². The van der Waals surface area contributed by atoms with Crippen LogP contribution >= 0.6 is 0 Å². The third-order valence-electron chi connectivity index (χ3n) is 6.16. The third-order valence-corrected chi connectivity index (χ3v) is 6.16. The van der Waals surface area contributed by atoms with Gasteiger partial charge in [-0.1, -0.05) is 26.0 Å². The zero-order chi connectivity index (χ0) is 25.7. The molecule has 1 amide bonds. The van der Waals surface area contributed by atoms with Gasteiger partial charge in [-0.3, -0.25) is 9.59 Å². The van der Waals surface area contributed by atoms with Crippen molar-refractivity contribution in [3.05, 3.63) is 70.5 Å². The summed E-state index contributed by atoms with van der Waals surface area (Å²) in [6.45, 7) is 6.29. The number of likely N-dealkylation sites (N-methyl/N-ethyl adjacent to an activating group) is 1. The summed E-state index contributed by atoms with van der Waals surface area (Å²) in [7, 11) is 2.59. The number of rotatable bonds is 9. The second-order valence-electron chi connectivity index (χ2n) is 7.98. The number of aliphatic hydroxyl groups is 1. The van der Waals surface area contributed by atoms with E-state index in [9.17, 15) is 23.9 Å². The maximum Gasteiger partial charge on any atom is 0.337 e. The van der Waals surface area contributed by atoms with E-state index < -0.39 is 35.3 Å². The van der Waals surface area contributed by atoms with Gasteiger partial charge >= 0.3 is 5.97 Å². The standard InChI is InChI=1S/C26H29FN2O6/c1-5-28(6-2)13-14-29-22(16-7-9-17(10-8-16)26(33)35-4)21(24(31)25(29)32)23(30)18-11-12-20(34-3)19(27)15-18/h7-12,15,22,30H,5-6,13-14H2,1-4H3/t22-/m0/s1. The fraction of sp³-hybridized carbons (Fsp3) is 0.346. The van der Waals surface area contributed by atoms with Gasteiger partial charge in [0, 0.05) is 18.7 Å². The molecule has 0 bridgehead atoms. The fourth-order valence-corrected chi connectivity index (χ4v) is 4.13. The minimum absolute atomic E-state index is 0.0174. The predicted molar refractivity (Wildman–Crippen MR) is 128 cm³/mol. The van der Waals surface area contributed by atoms with Gasteiger partial charge in [0.15, 0.2) is 11.6 Å². The molecule has 2 aromatic rings. The normalized spacial score (nSPS) is 17.2. The summed E-state index contributed by atoms with van der Waals surface area (Å²) in [5.74, 6) is -3.37. The highest BCUT2D eigenvalue weighted by Crippen LogP contribution is 2.39. The summed E-state index contributed by atoms with van der Waals surface area (Å²) in [6, 6.07) is 9.15. The first-order chi connectivity index (χ1) is 16.8. The van der Waals surface area contributed by atoms with E-state index in [-0.39, 0.29) is 23.4 Å². The van der Waals surface area contributed by atoms with E-state index in [1.165, 1.54) is 43.4 Å². The lowest BCUT2D eigenvalue weighted by Gasteiger charge is -2.28. The number of ether oxygens (including phenoxy) is 2. The summed E-state index contributed by atoms with van der Waals surface area (Å²) >= 11 is 0. The highest BCUT2D eigenvalue weighted by molar-refractivity contribution is 6.46. The molecule has 1 aliphatic heterocycles. The van der Waals surface area contributed by atoms with Crippen molar-refractivity contribution in [2.24, 2.45) is 0 Å². The Balaban J connectivity index is 2.12. The van der Waals surface area contributed by atoms with Crippen molar-refractivity contribution < 1.29 is 33.4 Å². The smallest absolute Gasteiger partial charge is 0.337 e. The van der Waals surface area contributed by atoms with E-state index in [0.717, 1.165) is 19.2 Å². The second kappa shape index (κ2) is 11.1. The molecule has 1 fully saturated rings. The van der Waals surface area contributed by atoms with Crippen molar-refractivity contribution in [1.82, 2.24) is 9.80 Å². The highest BCUT2D eigenvalue weighted by atomic mass is 19.1. The molecule has 8 nitrogen and oxygen atoms in total. The second-order valence-corrected chi connectivity index (χ2v) is 7.98. The summed E-state index contributed by atoms with van der Waals surface area (Å²) in [5.41, 5.74) is 0.714. The van der Waals surface area contributed by atoms with Crippen LogP contribution in [0.2, 0.25) is 0 Å². The number of benzene rings is 2. The maximum atomic E-state index is 14.3. The van der Waals surface area contributed by atoms with Crippen molar-refractivity contribution in [1.29, 1.82) is 0 Å². The monoisotopic (exact) mass is 484 g/mol. The number of amides is 1. The van der Waals surface area contributed by atoms with Crippen molar-refractivity contribution in [3.8, 4) is 5.75 Å². The molecule has 0 saturated carbocycles.